The highest BCUT2D eigenvalue weighted by molar-refractivity contribution is 7.01. The van der Waals surface area contributed by atoms with E-state index in [2.05, 4.69) is 296 Å². The van der Waals surface area contributed by atoms with Crippen molar-refractivity contribution in [2.24, 2.45) is 5.41 Å². The van der Waals surface area contributed by atoms with E-state index < -0.39 is 8.07 Å². The fourth-order valence-corrected chi connectivity index (χ4v) is 14.1. The molecule has 0 bridgehead atoms. The topological polar surface area (TPSA) is 9.72 Å². The summed E-state index contributed by atoms with van der Waals surface area (Å²) in [5, 5.41) is 1.49. The van der Waals surface area contributed by atoms with E-state index in [0.717, 1.165) is 29.9 Å². The number of anilines is 8. The van der Waals surface area contributed by atoms with Crippen LogP contribution in [-0.4, -0.2) is 14.8 Å². The van der Waals surface area contributed by atoms with Crippen molar-refractivity contribution in [1.29, 1.82) is 0 Å². The molecule has 5 heteroatoms. The number of hydrogen-bond acceptors (Lipinski definition) is 3. The lowest BCUT2D eigenvalue weighted by molar-refractivity contribution is 0.392. The third kappa shape index (κ3) is 10.1. The van der Waals surface area contributed by atoms with Gasteiger partial charge in [0, 0.05) is 46.4 Å². The van der Waals surface area contributed by atoms with Crippen LogP contribution in [0.5, 0.6) is 0 Å². The molecule has 8 aromatic rings. The Bertz CT molecular complexity index is 3590. The van der Waals surface area contributed by atoms with Gasteiger partial charge in [-0.2, -0.15) is 0 Å². The van der Waals surface area contributed by atoms with E-state index in [0.29, 0.717) is 6.54 Å². The number of hydrogen-bond donors (Lipinski definition) is 0. The maximum Gasteiger partial charge on any atom is 0.252 e. The van der Waals surface area contributed by atoms with Gasteiger partial charge < -0.3 is 14.7 Å². The Balaban J connectivity index is 1.27. The van der Waals surface area contributed by atoms with Crippen LogP contribution in [0, 0.1) is 12.3 Å². The van der Waals surface area contributed by atoms with Gasteiger partial charge in [0.25, 0.3) is 6.71 Å². The van der Waals surface area contributed by atoms with Crippen LogP contribution in [0.1, 0.15) is 141 Å². The predicted octanol–water partition coefficient (Wildman–Crippen LogP) is 17.9. The van der Waals surface area contributed by atoms with E-state index in [1.807, 2.05) is 0 Å². The minimum absolute atomic E-state index is 0.00775. The summed E-state index contributed by atoms with van der Waals surface area (Å²) < 4.78 is 0. The summed E-state index contributed by atoms with van der Waals surface area (Å²) in [5.74, 6) is 0. The van der Waals surface area contributed by atoms with Crippen molar-refractivity contribution < 1.29 is 0 Å². The van der Waals surface area contributed by atoms with Gasteiger partial charge in [-0.05, 0) is 173 Å². The monoisotopic (exact) mass is 1060 g/mol. The zero-order valence-electron chi connectivity index (χ0n) is 51.1. The second kappa shape index (κ2) is 19.0. The van der Waals surface area contributed by atoms with Crippen molar-refractivity contribution in [2.45, 2.75) is 165 Å². The molecule has 3 aliphatic rings. The summed E-state index contributed by atoms with van der Waals surface area (Å²) >= 11 is 0. The van der Waals surface area contributed by atoms with Crippen molar-refractivity contribution in [3.05, 3.63) is 202 Å². The Morgan fingerprint density at radius 1 is 0.481 bits per heavy atom. The first-order valence-corrected chi connectivity index (χ1v) is 32.8. The average molecular weight is 1060 g/mol. The first kappa shape index (κ1) is 54.4. The minimum Gasteiger partial charge on any atom is -0.338 e. The molecule has 2 aliphatic heterocycles. The summed E-state index contributed by atoms with van der Waals surface area (Å²) in [6, 6.07) is 62.6. The molecule has 0 radical (unpaired) electrons. The van der Waals surface area contributed by atoms with Gasteiger partial charge in [0.2, 0.25) is 0 Å². The first-order valence-electron chi connectivity index (χ1n) is 29.3. The van der Waals surface area contributed by atoms with Crippen LogP contribution in [0.2, 0.25) is 19.6 Å². The van der Waals surface area contributed by atoms with E-state index >= 15 is 0 Å². The summed E-state index contributed by atoms with van der Waals surface area (Å²) in [4.78, 5) is 7.96. The van der Waals surface area contributed by atoms with E-state index in [-0.39, 0.29) is 33.8 Å². The van der Waals surface area contributed by atoms with Crippen LogP contribution >= 0.6 is 0 Å². The number of rotatable bonds is 8. The number of benzene rings is 8. The molecule has 79 heavy (non-hydrogen) atoms. The molecule has 0 atom stereocenters. The van der Waals surface area contributed by atoms with Crippen molar-refractivity contribution in [2.75, 3.05) is 14.7 Å². The highest BCUT2D eigenvalue weighted by Crippen LogP contribution is 2.50. The van der Waals surface area contributed by atoms with Gasteiger partial charge in [0.15, 0.2) is 0 Å². The van der Waals surface area contributed by atoms with Gasteiger partial charge in [0.05, 0.1) is 13.8 Å². The van der Waals surface area contributed by atoms with Gasteiger partial charge >= 0.3 is 0 Å². The molecule has 404 valence electrons. The summed E-state index contributed by atoms with van der Waals surface area (Å²) in [6.07, 6.45) is 2.15. The van der Waals surface area contributed by atoms with Crippen LogP contribution in [0.3, 0.4) is 0 Å². The third-order valence-corrected chi connectivity index (χ3v) is 19.7. The molecule has 8 aromatic carbocycles. The van der Waals surface area contributed by atoms with Gasteiger partial charge in [0.1, 0.15) is 0 Å². The average Bonchev–Trinajstić information content (AvgIpc) is 2.42. The number of aryl methyl sites for hydroxylation is 1. The Hall–Kier alpha value is -6.56. The molecule has 11 rings (SSSR count). The molecule has 0 saturated heterocycles. The van der Waals surface area contributed by atoms with E-state index in [9.17, 15) is 0 Å². The lowest BCUT2D eigenvalue weighted by atomic mass is 9.33. The van der Waals surface area contributed by atoms with Gasteiger partial charge in [-0.25, -0.2) is 0 Å². The molecule has 0 unspecified atom stereocenters. The van der Waals surface area contributed by atoms with Crippen LogP contribution in [0.15, 0.2) is 158 Å². The fourth-order valence-electron chi connectivity index (χ4n) is 12.9. The van der Waals surface area contributed by atoms with Crippen molar-refractivity contribution in [3.8, 4) is 11.1 Å². The molecule has 2 heterocycles. The normalized spacial score (nSPS) is 14.9. The van der Waals surface area contributed by atoms with Gasteiger partial charge in [-0.15, -0.1) is 0 Å². The quantitative estimate of drug-likeness (QED) is 0.140. The molecular weight excluding hydrogens is 970 g/mol. The third-order valence-electron chi connectivity index (χ3n) is 17.6. The van der Waals surface area contributed by atoms with E-state index in [1.165, 1.54) is 106 Å². The van der Waals surface area contributed by atoms with E-state index in [4.69, 9.17) is 0 Å². The second-order valence-electron chi connectivity index (χ2n) is 29.6. The molecule has 1 aliphatic carbocycles. The molecule has 0 fully saturated rings. The number of fused-ring (bicyclic) bond motifs is 5. The Kier molecular flexibility index (Phi) is 13.1. The van der Waals surface area contributed by atoms with Gasteiger partial charge in [-0.3, -0.25) is 0 Å². The molecular formula is C74H86BN3Si. The van der Waals surface area contributed by atoms with Crippen molar-refractivity contribution >= 4 is 81.9 Å². The Labute approximate surface area is 477 Å². The molecule has 0 aromatic heterocycles. The zero-order valence-corrected chi connectivity index (χ0v) is 52.1. The Morgan fingerprint density at radius 3 is 1.54 bits per heavy atom. The van der Waals surface area contributed by atoms with Gasteiger partial charge in [-0.1, -0.05) is 225 Å². The van der Waals surface area contributed by atoms with Crippen LogP contribution in [0.4, 0.5) is 45.5 Å². The van der Waals surface area contributed by atoms with Crippen molar-refractivity contribution in [3.63, 3.8) is 0 Å². The molecule has 0 N–H and O–H groups in total. The lowest BCUT2D eigenvalue weighted by Gasteiger charge is -2.46. The molecule has 0 amide bonds. The van der Waals surface area contributed by atoms with Crippen LogP contribution in [0.25, 0.3) is 11.1 Å². The maximum absolute atomic E-state index is 2.75. The zero-order chi connectivity index (χ0) is 56.5. The smallest absolute Gasteiger partial charge is 0.252 e. The molecule has 0 saturated carbocycles. The number of nitrogens with zero attached hydrogens (tertiary/aromatic N) is 3. The lowest BCUT2D eigenvalue weighted by Crippen LogP contribution is -2.63. The van der Waals surface area contributed by atoms with E-state index in [1.54, 1.807) is 0 Å². The SMILES string of the molecule is Cc1cc(C(C)(C)C)ccc1N1c2ccc([Si](C)(C)C)cc2B2c3cc4c(cc3N(Cc3ccc(C(C)(C)C)cc3-c3ccccc3)c3cc(N(c5ccc(C(C)(C)C)cc5)c5ccc(C(C)(C)C)cc5)cc1c32)CC(C)(C)C4. The molecule has 3 nitrogen and oxygen atoms in total. The first-order chi connectivity index (χ1) is 36.9. The highest BCUT2D eigenvalue weighted by Gasteiger charge is 2.46. The highest BCUT2D eigenvalue weighted by atomic mass is 28.3. The largest absolute Gasteiger partial charge is 0.338 e. The fraction of sp³-hybridized carbons (Fsp3) is 0.351. The second-order valence-corrected chi connectivity index (χ2v) is 34.7. The minimum atomic E-state index is -1.78. The standard InChI is InChI=1S/C74H86BN3Si/c1-48-38-55(72(8,9)10)30-36-64(48)78-65-37-35-60(79(16,17)18)44-63(65)75-62-39-51-45-74(14,15)46-52(51)40-66(62)76(47-50-24-25-56(73(11,12)13)41-61(50)49-22-20-19-21-23-49)67-42-59(43-68(78)69(67)75)77(57-31-26-53(27-32-57)70(2,3)4)58-33-28-54(29-34-58)71(5,6)7/h19-44H,45-47H2,1-18H3. The summed E-state index contributed by atoms with van der Waals surface area (Å²) in [7, 11) is -1.78. The summed E-state index contributed by atoms with van der Waals surface area (Å²) in [6.45, 7) is 43.4. The maximum atomic E-state index is 2.75. The Morgan fingerprint density at radius 2 is 0.987 bits per heavy atom. The predicted molar refractivity (Wildman–Crippen MR) is 348 cm³/mol. The van der Waals surface area contributed by atoms with Crippen LogP contribution in [-0.2, 0) is 41.0 Å². The molecule has 0 spiro atoms. The van der Waals surface area contributed by atoms with Crippen LogP contribution < -0.4 is 36.3 Å². The summed E-state index contributed by atoms with van der Waals surface area (Å²) in [5.41, 5.74) is 27.6. The van der Waals surface area contributed by atoms with Crippen molar-refractivity contribution in [1.82, 2.24) is 0 Å².